The first kappa shape index (κ1) is 19.4. The summed E-state index contributed by atoms with van der Waals surface area (Å²) in [5.41, 5.74) is 0.822. The fourth-order valence-corrected chi connectivity index (χ4v) is 6.06. The van der Waals surface area contributed by atoms with E-state index >= 15 is 0 Å². The van der Waals surface area contributed by atoms with E-state index in [1.165, 1.54) is 16.7 Å². The van der Waals surface area contributed by atoms with Gasteiger partial charge in [0.25, 0.3) is 5.91 Å². The van der Waals surface area contributed by atoms with Gasteiger partial charge in [-0.15, -0.1) is 0 Å². The van der Waals surface area contributed by atoms with Gasteiger partial charge in [-0.1, -0.05) is 55.5 Å². The van der Waals surface area contributed by atoms with E-state index in [0.717, 1.165) is 24.2 Å². The van der Waals surface area contributed by atoms with Crippen LogP contribution in [0.5, 0.6) is 5.75 Å². The Morgan fingerprint density at radius 2 is 2.15 bits per heavy atom. The van der Waals surface area contributed by atoms with Crippen molar-refractivity contribution >= 4 is 50.1 Å². The lowest BCUT2D eigenvalue weighted by molar-refractivity contribution is -0.123. The minimum atomic E-state index is -3.08. The maximum atomic E-state index is 12.8. The fourth-order valence-electron chi connectivity index (χ4n) is 2.97. The second-order valence-corrected chi connectivity index (χ2v) is 10.3. The number of para-hydroxylation sites is 1. The van der Waals surface area contributed by atoms with Crippen molar-refractivity contribution < 1.29 is 17.9 Å². The molecule has 2 aliphatic rings. The Balaban J connectivity index is 1.80. The van der Waals surface area contributed by atoms with Gasteiger partial charge in [0.15, 0.2) is 9.84 Å². The van der Waals surface area contributed by atoms with Crippen LogP contribution in [0, 0.1) is 0 Å². The van der Waals surface area contributed by atoms with Gasteiger partial charge >= 0.3 is 0 Å². The maximum absolute atomic E-state index is 12.8. The smallest absolute Gasteiger partial charge is 0.266 e. The molecular weight excluding hydrogens is 390 g/mol. The van der Waals surface area contributed by atoms with Crippen molar-refractivity contribution in [2.75, 3.05) is 18.1 Å². The summed E-state index contributed by atoms with van der Waals surface area (Å²) in [5.74, 6) is 0.616. The van der Waals surface area contributed by atoms with Gasteiger partial charge in [-0.3, -0.25) is 9.69 Å². The lowest BCUT2D eigenvalue weighted by Gasteiger charge is -2.20. The normalized spacial score (nSPS) is 23.8. The van der Waals surface area contributed by atoms with Gasteiger partial charge < -0.3 is 4.74 Å². The summed E-state index contributed by atoms with van der Waals surface area (Å²) in [6.45, 7) is 2.73. The molecule has 0 bridgehead atoms. The number of hydrogen-bond acceptors (Lipinski definition) is 6. The summed E-state index contributed by atoms with van der Waals surface area (Å²) in [7, 11) is -3.08. The standard InChI is InChI=1S/C18H21NO4S3/c1-2-3-9-23-15-7-5-4-6-13(15)11-16-17(20)19(18(24)25-16)14-8-10-26(21,22)12-14/h4-7,11,14H,2-3,8-10,12H2,1H3. The van der Waals surface area contributed by atoms with Crippen LogP contribution in [0.1, 0.15) is 31.7 Å². The number of sulfone groups is 1. The molecule has 2 heterocycles. The van der Waals surface area contributed by atoms with E-state index in [0.29, 0.717) is 22.3 Å². The van der Waals surface area contributed by atoms with Crippen molar-refractivity contribution in [1.29, 1.82) is 0 Å². The average Bonchev–Trinajstić information content (AvgIpc) is 3.08. The first-order chi connectivity index (χ1) is 12.4. The minimum absolute atomic E-state index is 0.0105. The zero-order valence-corrected chi connectivity index (χ0v) is 17.0. The third-order valence-electron chi connectivity index (χ3n) is 4.36. The van der Waals surface area contributed by atoms with Gasteiger partial charge in [0, 0.05) is 5.56 Å². The number of unbranched alkanes of at least 4 members (excludes halogenated alkanes) is 1. The van der Waals surface area contributed by atoms with Gasteiger partial charge in [0.05, 0.1) is 29.1 Å². The SMILES string of the molecule is CCCCOc1ccccc1C=C1SC(=S)N(C2CCS(=O)(=O)C2)C1=O. The molecule has 1 amide bonds. The largest absolute Gasteiger partial charge is 0.493 e. The number of carbonyl (C=O) groups is 1. The van der Waals surface area contributed by atoms with Crippen LogP contribution in [0.4, 0.5) is 0 Å². The highest BCUT2D eigenvalue weighted by molar-refractivity contribution is 8.26. The Kier molecular flexibility index (Phi) is 6.04. The van der Waals surface area contributed by atoms with Crippen LogP contribution in [0.25, 0.3) is 6.08 Å². The molecule has 3 rings (SSSR count). The molecule has 1 aromatic rings. The number of nitrogens with zero attached hydrogens (tertiary/aromatic N) is 1. The van der Waals surface area contributed by atoms with E-state index in [1.807, 2.05) is 24.3 Å². The topological polar surface area (TPSA) is 63.7 Å². The molecule has 0 saturated carbocycles. The van der Waals surface area contributed by atoms with Crippen LogP contribution in [0.3, 0.4) is 0 Å². The van der Waals surface area contributed by atoms with Crippen molar-refractivity contribution in [2.45, 2.75) is 32.2 Å². The van der Waals surface area contributed by atoms with Gasteiger partial charge in [0.1, 0.15) is 10.1 Å². The van der Waals surface area contributed by atoms with Crippen molar-refractivity contribution in [1.82, 2.24) is 4.90 Å². The molecule has 1 aromatic carbocycles. The van der Waals surface area contributed by atoms with Crippen LogP contribution in [-0.2, 0) is 14.6 Å². The number of amides is 1. The lowest BCUT2D eigenvalue weighted by Crippen LogP contribution is -2.39. The number of hydrogen-bond donors (Lipinski definition) is 0. The molecular formula is C18H21NO4S3. The maximum Gasteiger partial charge on any atom is 0.266 e. The summed E-state index contributed by atoms with van der Waals surface area (Å²) in [4.78, 5) is 14.8. The highest BCUT2D eigenvalue weighted by Gasteiger charge is 2.42. The predicted octanol–water partition coefficient (Wildman–Crippen LogP) is 3.25. The van der Waals surface area contributed by atoms with Crippen LogP contribution < -0.4 is 4.74 Å². The molecule has 0 N–H and O–H groups in total. The molecule has 1 atom stereocenters. The number of rotatable bonds is 6. The Bertz CT molecular complexity index is 848. The lowest BCUT2D eigenvalue weighted by atomic mass is 10.1. The molecule has 0 radical (unpaired) electrons. The minimum Gasteiger partial charge on any atom is -0.493 e. The van der Waals surface area contributed by atoms with Crippen LogP contribution >= 0.6 is 24.0 Å². The number of benzene rings is 1. The molecule has 5 nitrogen and oxygen atoms in total. The predicted molar refractivity (Wildman–Crippen MR) is 109 cm³/mol. The summed E-state index contributed by atoms with van der Waals surface area (Å²) in [6.07, 6.45) is 4.24. The molecule has 2 aliphatic heterocycles. The summed E-state index contributed by atoms with van der Waals surface area (Å²) in [6, 6.07) is 7.21. The molecule has 2 fully saturated rings. The Morgan fingerprint density at radius 1 is 1.38 bits per heavy atom. The molecule has 140 valence electrons. The number of ether oxygens (including phenoxy) is 1. The third kappa shape index (κ3) is 4.29. The Morgan fingerprint density at radius 3 is 2.85 bits per heavy atom. The third-order valence-corrected chi connectivity index (χ3v) is 7.44. The first-order valence-corrected chi connectivity index (χ1v) is 11.6. The van der Waals surface area contributed by atoms with Gasteiger partial charge in [0.2, 0.25) is 0 Å². The van der Waals surface area contributed by atoms with E-state index in [-0.39, 0.29) is 23.5 Å². The molecule has 26 heavy (non-hydrogen) atoms. The van der Waals surface area contributed by atoms with Gasteiger partial charge in [-0.05, 0) is 25.0 Å². The van der Waals surface area contributed by atoms with Crippen molar-refractivity contribution in [3.63, 3.8) is 0 Å². The highest BCUT2D eigenvalue weighted by Crippen LogP contribution is 2.37. The zero-order valence-electron chi connectivity index (χ0n) is 14.5. The number of thioether (sulfide) groups is 1. The quantitative estimate of drug-likeness (QED) is 0.407. The van der Waals surface area contributed by atoms with Crippen molar-refractivity contribution in [3.8, 4) is 5.75 Å². The Labute approximate surface area is 163 Å². The molecule has 0 spiro atoms. The molecule has 8 heteroatoms. The average molecular weight is 412 g/mol. The van der Waals surface area contributed by atoms with E-state index in [2.05, 4.69) is 6.92 Å². The van der Waals surface area contributed by atoms with Crippen LogP contribution in [0.2, 0.25) is 0 Å². The van der Waals surface area contributed by atoms with E-state index in [4.69, 9.17) is 17.0 Å². The van der Waals surface area contributed by atoms with E-state index in [1.54, 1.807) is 6.08 Å². The second kappa shape index (κ2) is 8.10. The summed E-state index contributed by atoms with van der Waals surface area (Å²) < 4.78 is 29.7. The van der Waals surface area contributed by atoms with Crippen LogP contribution in [0.15, 0.2) is 29.2 Å². The molecule has 2 saturated heterocycles. The summed E-state index contributed by atoms with van der Waals surface area (Å²) >= 11 is 6.56. The Hall–Kier alpha value is -1.38. The van der Waals surface area contributed by atoms with Gasteiger partial charge in [-0.2, -0.15) is 0 Å². The zero-order chi connectivity index (χ0) is 18.7. The monoisotopic (exact) mass is 411 g/mol. The molecule has 1 unspecified atom stereocenters. The first-order valence-electron chi connectivity index (χ1n) is 8.60. The van der Waals surface area contributed by atoms with E-state index in [9.17, 15) is 13.2 Å². The number of carbonyl (C=O) groups excluding carboxylic acids is 1. The number of thiocarbonyl (C=S) groups is 1. The van der Waals surface area contributed by atoms with Gasteiger partial charge in [-0.25, -0.2) is 8.42 Å². The van der Waals surface area contributed by atoms with E-state index < -0.39 is 9.84 Å². The van der Waals surface area contributed by atoms with Crippen LogP contribution in [-0.4, -0.2) is 47.7 Å². The molecule has 0 aliphatic carbocycles. The highest BCUT2D eigenvalue weighted by atomic mass is 32.2. The van der Waals surface area contributed by atoms with Crippen molar-refractivity contribution in [3.05, 3.63) is 34.7 Å². The fraction of sp³-hybridized carbons (Fsp3) is 0.444. The summed E-state index contributed by atoms with van der Waals surface area (Å²) in [5, 5.41) is 0. The second-order valence-electron chi connectivity index (χ2n) is 6.35. The van der Waals surface area contributed by atoms with Crippen molar-refractivity contribution in [2.24, 2.45) is 0 Å². The molecule has 0 aromatic heterocycles.